The lowest BCUT2D eigenvalue weighted by Gasteiger charge is -2.36. The first-order valence-electron chi connectivity index (χ1n) is 7.17. The van der Waals surface area contributed by atoms with Crippen LogP contribution in [0.4, 0.5) is 10.5 Å². The molecule has 0 unspecified atom stereocenters. The zero-order chi connectivity index (χ0) is 16.1. The lowest BCUT2D eigenvalue weighted by molar-refractivity contribution is 0.168. The van der Waals surface area contributed by atoms with E-state index in [0.29, 0.717) is 18.9 Å². The Balaban J connectivity index is 2.67. The molecule has 0 aromatic carbocycles. The molecule has 0 spiro atoms. The number of pyridine rings is 1. The Morgan fingerprint density at radius 2 is 2.00 bits per heavy atom. The van der Waals surface area contributed by atoms with Crippen LogP contribution >= 0.6 is 0 Å². The van der Waals surface area contributed by atoms with E-state index in [1.54, 1.807) is 19.3 Å². The first kappa shape index (κ1) is 17.6. The van der Waals surface area contributed by atoms with Crippen LogP contribution in [0.25, 0.3) is 0 Å². The summed E-state index contributed by atoms with van der Waals surface area (Å²) in [4.78, 5) is 15.5. The molecule has 1 N–H and O–H groups in total. The molecule has 1 aromatic rings. The van der Waals surface area contributed by atoms with E-state index in [-0.39, 0.29) is 5.04 Å². The van der Waals surface area contributed by atoms with Crippen molar-refractivity contribution in [2.45, 2.75) is 52.4 Å². The maximum atomic E-state index is 11.4. The molecule has 5 nitrogen and oxygen atoms in total. The Hall–Kier alpha value is -1.40. The molecular weight excluding hydrogens is 284 g/mol. The molecule has 1 amide bonds. The number of hydrogen-bond acceptors (Lipinski definition) is 4. The van der Waals surface area contributed by atoms with Crippen LogP contribution in [-0.4, -0.2) is 26.0 Å². The first-order valence-corrected chi connectivity index (χ1v) is 10.1. The minimum Gasteiger partial charge on any atom is -0.450 e. The molecule has 0 saturated carbocycles. The van der Waals surface area contributed by atoms with E-state index in [0.717, 1.165) is 5.56 Å². The van der Waals surface area contributed by atoms with Gasteiger partial charge in [0, 0.05) is 6.20 Å². The highest BCUT2D eigenvalue weighted by atomic mass is 28.4. The van der Waals surface area contributed by atoms with Gasteiger partial charge in [-0.1, -0.05) is 20.8 Å². The summed E-state index contributed by atoms with van der Waals surface area (Å²) in [7, 11) is -1.79. The highest BCUT2D eigenvalue weighted by molar-refractivity contribution is 6.74. The van der Waals surface area contributed by atoms with Crippen LogP contribution < -0.4 is 5.32 Å². The quantitative estimate of drug-likeness (QED) is 0.829. The number of carbonyl (C=O) groups is 1. The van der Waals surface area contributed by atoms with Crippen molar-refractivity contribution in [3.63, 3.8) is 0 Å². The summed E-state index contributed by atoms with van der Waals surface area (Å²) in [6, 6.07) is 1.86. The minimum absolute atomic E-state index is 0.168. The van der Waals surface area contributed by atoms with E-state index in [2.05, 4.69) is 44.2 Å². The van der Waals surface area contributed by atoms with Crippen LogP contribution in [0, 0.1) is 0 Å². The molecule has 0 aliphatic heterocycles. The van der Waals surface area contributed by atoms with Gasteiger partial charge < -0.3 is 9.16 Å². The van der Waals surface area contributed by atoms with Gasteiger partial charge >= 0.3 is 6.09 Å². The Morgan fingerprint density at radius 3 is 2.57 bits per heavy atom. The summed E-state index contributed by atoms with van der Waals surface area (Å²) in [5, 5.41) is 2.81. The van der Waals surface area contributed by atoms with Gasteiger partial charge in [0.05, 0.1) is 25.1 Å². The van der Waals surface area contributed by atoms with Crippen LogP contribution in [0.3, 0.4) is 0 Å². The van der Waals surface area contributed by atoms with Crippen LogP contribution in [0.5, 0.6) is 0 Å². The third kappa shape index (κ3) is 5.47. The zero-order valence-corrected chi connectivity index (χ0v) is 14.8. The van der Waals surface area contributed by atoms with Gasteiger partial charge in [0.1, 0.15) is 0 Å². The number of aromatic nitrogens is 1. The maximum Gasteiger partial charge on any atom is 0.411 e. The predicted molar refractivity (Wildman–Crippen MR) is 86.9 cm³/mol. The Bertz CT molecular complexity index is 484. The monoisotopic (exact) mass is 310 g/mol. The average Bonchev–Trinajstić information content (AvgIpc) is 2.36. The van der Waals surface area contributed by atoms with Gasteiger partial charge in [-0.15, -0.1) is 0 Å². The Kier molecular flexibility index (Phi) is 5.92. The molecule has 21 heavy (non-hydrogen) atoms. The smallest absolute Gasteiger partial charge is 0.411 e. The molecule has 0 atom stereocenters. The maximum absolute atomic E-state index is 11.4. The fraction of sp³-hybridized carbons (Fsp3) is 0.600. The highest BCUT2D eigenvalue weighted by Crippen LogP contribution is 2.37. The van der Waals surface area contributed by atoms with Gasteiger partial charge in [-0.3, -0.25) is 10.3 Å². The van der Waals surface area contributed by atoms with Crippen molar-refractivity contribution in [1.82, 2.24) is 4.98 Å². The number of ether oxygens (including phenoxy) is 1. The third-order valence-electron chi connectivity index (χ3n) is 3.72. The van der Waals surface area contributed by atoms with Crippen molar-refractivity contribution in [2.75, 3.05) is 11.9 Å². The molecule has 1 heterocycles. The predicted octanol–water partition coefficient (Wildman–Crippen LogP) is 4.17. The van der Waals surface area contributed by atoms with E-state index < -0.39 is 14.4 Å². The summed E-state index contributed by atoms with van der Waals surface area (Å²) in [6.45, 7) is 13.6. The summed E-state index contributed by atoms with van der Waals surface area (Å²) >= 11 is 0. The van der Waals surface area contributed by atoms with Crippen molar-refractivity contribution in [1.29, 1.82) is 0 Å². The van der Waals surface area contributed by atoms with E-state index >= 15 is 0 Å². The summed E-state index contributed by atoms with van der Waals surface area (Å²) < 4.78 is 11.0. The molecule has 0 aliphatic carbocycles. The van der Waals surface area contributed by atoms with Gasteiger partial charge in [-0.25, -0.2) is 4.79 Å². The van der Waals surface area contributed by atoms with Gasteiger partial charge in [-0.05, 0) is 36.7 Å². The van der Waals surface area contributed by atoms with Crippen molar-refractivity contribution in [3.05, 3.63) is 24.0 Å². The van der Waals surface area contributed by atoms with Crippen LogP contribution in [0.2, 0.25) is 18.1 Å². The molecular formula is C15H26N2O3Si. The molecule has 0 radical (unpaired) electrons. The second-order valence-electron chi connectivity index (χ2n) is 6.48. The molecule has 1 aromatic heterocycles. The number of hydrogen-bond donors (Lipinski definition) is 1. The number of anilines is 1. The molecule has 118 valence electrons. The largest absolute Gasteiger partial charge is 0.450 e. The van der Waals surface area contributed by atoms with Gasteiger partial charge in [0.15, 0.2) is 8.32 Å². The van der Waals surface area contributed by atoms with Crippen LogP contribution in [0.15, 0.2) is 18.5 Å². The fourth-order valence-corrected chi connectivity index (χ4v) is 2.36. The number of amides is 1. The van der Waals surface area contributed by atoms with Crippen LogP contribution in [-0.2, 0) is 15.8 Å². The summed E-state index contributed by atoms with van der Waals surface area (Å²) in [6.07, 6.45) is 2.87. The molecule has 0 saturated heterocycles. The second kappa shape index (κ2) is 7.04. The normalized spacial score (nSPS) is 12.1. The Labute approximate surface area is 128 Å². The topological polar surface area (TPSA) is 60.5 Å². The van der Waals surface area contributed by atoms with E-state index in [1.807, 2.05) is 6.07 Å². The number of carbonyl (C=O) groups excluding carboxylic acids is 1. The average molecular weight is 310 g/mol. The Morgan fingerprint density at radius 1 is 1.33 bits per heavy atom. The first-order chi connectivity index (χ1) is 9.65. The van der Waals surface area contributed by atoms with Crippen LogP contribution in [0.1, 0.15) is 33.3 Å². The lowest BCUT2D eigenvalue weighted by atomic mass is 10.2. The molecule has 0 aliphatic rings. The molecule has 0 bridgehead atoms. The zero-order valence-electron chi connectivity index (χ0n) is 13.8. The van der Waals surface area contributed by atoms with E-state index in [1.165, 1.54) is 0 Å². The summed E-state index contributed by atoms with van der Waals surface area (Å²) in [5.41, 5.74) is 1.55. The van der Waals surface area contributed by atoms with Gasteiger partial charge in [0.25, 0.3) is 0 Å². The minimum atomic E-state index is -1.79. The molecule has 0 fully saturated rings. The SMILES string of the molecule is CCOC(=O)Nc1cncc(CO[Si](C)(C)C(C)(C)C)c1. The fourth-order valence-electron chi connectivity index (χ4n) is 1.40. The third-order valence-corrected chi connectivity index (χ3v) is 8.20. The number of rotatable bonds is 5. The van der Waals surface area contributed by atoms with Crippen molar-refractivity contribution in [3.8, 4) is 0 Å². The molecule has 6 heteroatoms. The lowest BCUT2D eigenvalue weighted by Crippen LogP contribution is -2.40. The van der Waals surface area contributed by atoms with E-state index in [4.69, 9.17) is 9.16 Å². The number of nitrogens with one attached hydrogen (secondary N) is 1. The highest BCUT2D eigenvalue weighted by Gasteiger charge is 2.37. The van der Waals surface area contributed by atoms with Crippen molar-refractivity contribution >= 4 is 20.1 Å². The van der Waals surface area contributed by atoms with Gasteiger partial charge in [0.2, 0.25) is 0 Å². The van der Waals surface area contributed by atoms with Gasteiger partial charge in [-0.2, -0.15) is 0 Å². The molecule has 1 rings (SSSR count). The van der Waals surface area contributed by atoms with Crippen molar-refractivity contribution in [2.24, 2.45) is 0 Å². The second-order valence-corrected chi connectivity index (χ2v) is 11.3. The number of nitrogens with zero attached hydrogens (tertiary/aromatic N) is 1. The van der Waals surface area contributed by atoms with E-state index in [9.17, 15) is 4.79 Å². The summed E-state index contributed by atoms with van der Waals surface area (Å²) in [5.74, 6) is 0. The standard InChI is InChI=1S/C15H26N2O3Si/c1-7-19-14(18)17-13-8-12(9-16-10-13)11-20-21(5,6)15(2,3)4/h8-10H,7,11H2,1-6H3,(H,17,18). The van der Waals surface area contributed by atoms with Crippen molar-refractivity contribution < 1.29 is 14.0 Å².